The molecule has 18 heavy (non-hydrogen) atoms. The van der Waals surface area contributed by atoms with Gasteiger partial charge in [0.05, 0.1) is 19.3 Å². The Hall–Kier alpha value is -1.14. The minimum absolute atomic E-state index is 0.128. The number of ether oxygens (including phenoxy) is 2. The van der Waals surface area contributed by atoms with Gasteiger partial charge in [-0.1, -0.05) is 0 Å². The van der Waals surface area contributed by atoms with Crippen LogP contribution in [0.1, 0.15) is 20.8 Å². The Balaban J connectivity index is 2.54. The van der Waals surface area contributed by atoms with Crippen molar-refractivity contribution in [2.45, 2.75) is 32.9 Å². The van der Waals surface area contributed by atoms with Crippen molar-refractivity contribution in [3.63, 3.8) is 0 Å². The van der Waals surface area contributed by atoms with Crippen molar-refractivity contribution >= 4 is 11.9 Å². The van der Waals surface area contributed by atoms with Crippen LogP contribution in [0.3, 0.4) is 0 Å². The third-order valence-corrected chi connectivity index (χ3v) is 2.61. The minimum atomic E-state index is -0.404. The Bertz CT molecular complexity index is 294. The van der Waals surface area contributed by atoms with Gasteiger partial charge in [-0.3, -0.25) is 14.5 Å². The lowest BCUT2D eigenvalue weighted by Crippen LogP contribution is -2.56. The van der Waals surface area contributed by atoms with E-state index in [1.807, 2.05) is 0 Å². The van der Waals surface area contributed by atoms with Gasteiger partial charge >= 0.3 is 11.9 Å². The van der Waals surface area contributed by atoms with Gasteiger partial charge in [0, 0.05) is 19.6 Å². The van der Waals surface area contributed by atoms with E-state index >= 15 is 0 Å². The first-order valence-corrected chi connectivity index (χ1v) is 6.35. The molecule has 1 aliphatic rings. The molecule has 1 atom stereocenters. The summed E-state index contributed by atoms with van der Waals surface area (Å²) in [5.41, 5.74) is 0. The average Bonchev–Trinajstić information content (AvgIpc) is 2.28. The molecule has 0 radical (unpaired) electrons. The highest BCUT2D eigenvalue weighted by Crippen LogP contribution is 2.06. The maximum Gasteiger partial charge on any atom is 0.324 e. The van der Waals surface area contributed by atoms with Crippen LogP contribution in [0.15, 0.2) is 0 Å². The van der Waals surface area contributed by atoms with Crippen LogP contribution in [0.4, 0.5) is 0 Å². The molecule has 6 nitrogen and oxygen atoms in total. The minimum Gasteiger partial charge on any atom is -0.465 e. The molecule has 0 spiro atoms. The smallest absolute Gasteiger partial charge is 0.324 e. The first kappa shape index (κ1) is 14.9. The maximum atomic E-state index is 11.8. The van der Waals surface area contributed by atoms with Crippen LogP contribution in [0.25, 0.3) is 0 Å². The molecule has 0 saturated carbocycles. The molecule has 1 rings (SSSR count). The standard InChI is InChI=1S/C12H22N2O4/c1-4-17-12(16)10-7-13-5-6-14(10)8-11(15)18-9(2)3/h9-10,13H,4-8H2,1-3H3. The Kier molecular flexibility index (Phi) is 6.07. The van der Waals surface area contributed by atoms with Gasteiger partial charge in [0.2, 0.25) is 0 Å². The average molecular weight is 258 g/mol. The van der Waals surface area contributed by atoms with Crippen molar-refractivity contribution in [3.05, 3.63) is 0 Å². The van der Waals surface area contributed by atoms with Crippen LogP contribution >= 0.6 is 0 Å². The number of hydrogen-bond donors (Lipinski definition) is 1. The summed E-state index contributed by atoms with van der Waals surface area (Å²) < 4.78 is 10.1. The molecule has 1 heterocycles. The van der Waals surface area contributed by atoms with Crippen LogP contribution in [0, 0.1) is 0 Å². The normalized spacial score (nSPS) is 20.8. The van der Waals surface area contributed by atoms with Crippen molar-refractivity contribution in [2.24, 2.45) is 0 Å². The molecule has 6 heteroatoms. The van der Waals surface area contributed by atoms with Crippen molar-refractivity contribution < 1.29 is 19.1 Å². The Morgan fingerprint density at radius 2 is 2.17 bits per heavy atom. The number of nitrogens with zero attached hydrogens (tertiary/aromatic N) is 1. The zero-order chi connectivity index (χ0) is 13.5. The number of carbonyl (C=O) groups excluding carboxylic acids is 2. The molecule has 1 unspecified atom stereocenters. The molecular formula is C12H22N2O4. The van der Waals surface area contributed by atoms with E-state index in [-0.39, 0.29) is 24.6 Å². The molecule has 1 aliphatic heterocycles. The fourth-order valence-corrected chi connectivity index (χ4v) is 1.87. The van der Waals surface area contributed by atoms with E-state index in [0.717, 1.165) is 6.54 Å². The largest absolute Gasteiger partial charge is 0.465 e. The van der Waals surface area contributed by atoms with E-state index in [4.69, 9.17) is 9.47 Å². The molecule has 1 fully saturated rings. The number of piperazine rings is 1. The number of hydrogen-bond acceptors (Lipinski definition) is 6. The summed E-state index contributed by atoms with van der Waals surface area (Å²) in [5, 5.41) is 3.12. The predicted octanol–water partition coefficient (Wildman–Crippen LogP) is -0.225. The SMILES string of the molecule is CCOC(=O)C1CNCCN1CC(=O)OC(C)C. The molecule has 1 saturated heterocycles. The lowest BCUT2D eigenvalue weighted by atomic mass is 10.2. The van der Waals surface area contributed by atoms with Gasteiger partial charge < -0.3 is 14.8 Å². The van der Waals surface area contributed by atoms with Crippen LogP contribution < -0.4 is 5.32 Å². The van der Waals surface area contributed by atoms with Crippen LogP contribution in [-0.4, -0.2) is 61.8 Å². The van der Waals surface area contributed by atoms with Gasteiger partial charge in [0.25, 0.3) is 0 Å². The first-order valence-electron chi connectivity index (χ1n) is 6.35. The summed E-state index contributed by atoms with van der Waals surface area (Å²) >= 11 is 0. The van der Waals surface area contributed by atoms with Crippen LogP contribution in [-0.2, 0) is 19.1 Å². The molecular weight excluding hydrogens is 236 g/mol. The van der Waals surface area contributed by atoms with Gasteiger partial charge in [-0.25, -0.2) is 0 Å². The van der Waals surface area contributed by atoms with Gasteiger partial charge in [0.15, 0.2) is 0 Å². The molecule has 0 bridgehead atoms. The van der Waals surface area contributed by atoms with E-state index in [9.17, 15) is 9.59 Å². The molecule has 0 aliphatic carbocycles. The molecule has 1 N–H and O–H groups in total. The second-order valence-electron chi connectivity index (χ2n) is 4.48. The summed E-state index contributed by atoms with van der Waals surface area (Å²) in [6.07, 6.45) is -0.138. The zero-order valence-electron chi connectivity index (χ0n) is 11.3. The molecule has 0 aromatic heterocycles. The number of nitrogens with one attached hydrogen (secondary N) is 1. The Morgan fingerprint density at radius 1 is 1.44 bits per heavy atom. The number of rotatable bonds is 5. The van der Waals surface area contributed by atoms with E-state index in [1.165, 1.54) is 0 Å². The monoisotopic (exact) mass is 258 g/mol. The maximum absolute atomic E-state index is 11.8. The highest BCUT2D eigenvalue weighted by molar-refractivity contribution is 5.78. The van der Waals surface area contributed by atoms with Gasteiger partial charge in [-0.05, 0) is 20.8 Å². The third-order valence-electron chi connectivity index (χ3n) is 2.61. The third kappa shape index (κ3) is 4.62. The fourth-order valence-electron chi connectivity index (χ4n) is 1.87. The van der Waals surface area contributed by atoms with Crippen LogP contribution in [0.2, 0.25) is 0 Å². The molecule has 0 aromatic rings. The predicted molar refractivity (Wildman–Crippen MR) is 66.1 cm³/mol. The summed E-state index contributed by atoms with van der Waals surface area (Å²) in [6, 6.07) is -0.404. The van der Waals surface area contributed by atoms with E-state index in [0.29, 0.717) is 19.7 Å². The highest BCUT2D eigenvalue weighted by atomic mass is 16.5. The van der Waals surface area contributed by atoms with Crippen molar-refractivity contribution in [3.8, 4) is 0 Å². The first-order chi connectivity index (χ1) is 8.54. The fraction of sp³-hybridized carbons (Fsp3) is 0.833. The lowest BCUT2D eigenvalue weighted by molar-refractivity contribution is -0.155. The highest BCUT2D eigenvalue weighted by Gasteiger charge is 2.31. The van der Waals surface area contributed by atoms with E-state index in [2.05, 4.69) is 5.32 Å². The summed E-state index contributed by atoms with van der Waals surface area (Å²) in [5.74, 6) is -0.594. The van der Waals surface area contributed by atoms with Gasteiger partial charge in [-0.2, -0.15) is 0 Å². The summed E-state index contributed by atoms with van der Waals surface area (Å²) in [7, 11) is 0. The number of esters is 2. The van der Waals surface area contributed by atoms with E-state index in [1.54, 1.807) is 25.7 Å². The second-order valence-corrected chi connectivity index (χ2v) is 4.48. The Labute approximate surface area is 108 Å². The Morgan fingerprint density at radius 3 is 2.78 bits per heavy atom. The zero-order valence-corrected chi connectivity index (χ0v) is 11.3. The van der Waals surface area contributed by atoms with Crippen LogP contribution in [0.5, 0.6) is 0 Å². The second kappa shape index (κ2) is 7.33. The van der Waals surface area contributed by atoms with Gasteiger partial charge in [-0.15, -0.1) is 0 Å². The molecule has 0 aromatic carbocycles. The topological polar surface area (TPSA) is 67.9 Å². The van der Waals surface area contributed by atoms with Crippen molar-refractivity contribution in [1.29, 1.82) is 0 Å². The van der Waals surface area contributed by atoms with Gasteiger partial charge in [0.1, 0.15) is 6.04 Å². The van der Waals surface area contributed by atoms with Crippen molar-refractivity contribution in [2.75, 3.05) is 32.8 Å². The number of carbonyl (C=O) groups is 2. The molecule has 104 valence electrons. The lowest BCUT2D eigenvalue weighted by Gasteiger charge is -2.33. The quantitative estimate of drug-likeness (QED) is 0.687. The van der Waals surface area contributed by atoms with Crippen molar-refractivity contribution in [1.82, 2.24) is 10.2 Å². The molecule has 0 amide bonds. The summed E-state index contributed by atoms with van der Waals surface area (Å²) in [6.45, 7) is 7.75. The summed E-state index contributed by atoms with van der Waals surface area (Å²) in [4.78, 5) is 25.2. The van der Waals surface area contributed by atoms with E-state index < -0.39 is 6.04 Å².